The number of aliphatic hydroxyl groups is 1. The van der Waals surface area contributed by atoms with Gasteiger partial charge in [0, 0.05) is 36.8 Å². The number of piperazine rings is 1. The molecule has 28 heavy (non-hydrogen) atoms. The molecule has 0 bridgehead atoms. The van der Waals surface area contributed by atoms with Gasteiger partial charge in [-0.2, -0.15) is 4.98 Å². The number of aromatic nitrogens is 2. The van der Waals surface area contributed by atoms with Crippen molar-refractivity contribution in [3.63, 3.8) is 0 Å². The monoisotopic (exact) mass is 408 g/mol. The zero-order valence-electron chi connectivity index (χ0n) is 15.0. The van der Waals surface area contributed by atoms with Crippen molar-refractivity contribution in [1.29, 1.82) is 0 Å². The van der Waals surface area contributed by atoms with Crippen molar-refractivity contribution in [2.24, 2.45) is 5.73 Å². The van der Waals surface area contributed by atoms with Crippen LogP contribution in [0, 0.1) is 0 Å². The summed E-state index contributed by atoms with van der Waals surface area (Å²) in [7, 11) is 0. The van der Waals surface area contributed by atoms with Crippen molar-refractivity contribution in [2.45, 2.75) is 12.6 Å². The normalized spacial score (nSPS) is 16.0. The zero-order chi connectivity index (χ0) is 20.1. The Labute approximate surface area is 166 Å². The zero-order valence-corrected chi connectivity index (χ0v) is 15.8. The van der Waals surface area contributed by atoms with E-state index in [4.69, 9.17) is 21.9 Å². The number of amides is 3. The number of nitrogens with one attached hydrogen (secondary N) is 1. The maximum atomic E-state index is 12.3. The van der Waals surface area contributed by atoms with E-state index in [9.17, 15) is 14.7 Å². The second-order valence-corrected chi connectivity index (χ2v) is 6.80. The molecule has 0 aliphatic carbocycles. The first-order valence-electron chi connectivity index (χ1n) is 8.72. The van der Waals surface area contributed by atoms with Crippen LogP contribution >= 0.6 is 11.6 Å². The highest BCUT2D eigenvalue weighted by Crippen LogP contribution is 2.19. The molecule has 2 heterocycles. The number of carbonyl (C=O) groups is 2. The van der Waals surface area contributed by atoms with Crippen LogP contribution in [0.25, 0.3) is 11.4 Å². The topological polar surface area (TPSA) is 138 Å². The summed E-state index contributed by atoms with van der Waals surface area (Å²) in [5.41, 5.74) is 5.84. The SMILES string of the molecule is NC(=O)N[C@@H](CO)C(=O)N1CCN(Cc2nc(-c3ccc(Cl)cc3)no2)CC1. The minimum absolute atomic E-state index is 0.358. The predicted molar refractivity (Wildman–Crippen MR) is 100 cm³/mol. The number of nitrogens with two attached hydrogens (primary N) is 1. The van der Waals surface area contributed by atoms with Gasteiger partial charge in [-0.05, 0) is 24.3 Å². The Morgan fingerprint density at radius 3 is 2.54 bits per heavy atom. The molecule has 1 aliphatic rings. The number of hydrogen-bond acceptors (Lipinski definition) is 7. The maximum absolute atomic E-state index is 12.3. The largest absolute Gasteiger partial charge is 0.394 e. The first kappa shape index (κ1) is 20.1. The van der Waals surface area contributed by atoms with Crippen LogP contribution in [0.15, 0.2) is 28.8 Å². The van der Waals surface area contributed by atoms with Gasteiger partial charge in [-0.25, -0.2) is 4.79 Å². The van der Waals surface area contributed by atoms with Gasteiger partial charge in [-0.15, -0.1) is 0 Å². The first-order valence-corrected chi connectivity index (χ1v) is 9.10. The second-order valence-electron chi connectivity index (χ2n) is 6.36. The van der Waals surface area contributed by atoms with E-state index in [-0.39, 0.29) is 5.91 Å². The average molecular weight is 409 g/mol. The molecule has 0 saturated carbocycles. The van der Waals surface area contributed by atoms with Crippen molar-refractivity contribution < 1.29 is 19.2 Å². The molecule has 0 unspecified atom stereocenters. The number of halogens is 1. The highest BCUT2D eigenvalue weighted by molar-refractivity contribution is 6.30. The summed E-state index contributed by atoms with van der Waals surface area (Å²) in [5, 5.41) is 16.1. The number of urea groups is 1. The molecule has 3 rings (SSSR count). The number of nitrogens with zero attached hydrogens (tertiary/aromatic N) is 4. The Hall–Kier alpha value is -2.69. The number of hydrogen-bond donors (Lipinski definition) is 3. The summed E-state index contributed by atoms with van der Waals surface area (Å²) in [5.74, 6) is 0.612. The van der Waals surface area contributed by atoms with Gasteiger partial charge in [-0.3, -0.25) is 9.69 Å². The molecule has 10 nitrogen and oxygen atoms in total. The van der Waals surface area contributed by atoms with Gasteiger partial charge in [0.1, 0.15) is 6.04 Å². The van der Waals surface area contributed by atoms with Crippen molar-refractivity contribution in [3.8, 4) is 11.4 Å². The molecule has 11 heteroatoms. The lowest BCUT2D eigenvalue weighted by Gasteiger charge is -2.35. The Balaban J connectivity index is 1.52. The number of benzene rings is 1. The van der Waals surface area contributed by atoms with E-state index >= 15 is 0 Å². The summed E-state index contributed by atoms with van der Waals surface area (Å²) >= 11 is 5.88. The molecule has 3 amide bonds. The molecule has 4 N–H and O–H groups in total. The fourth-order valence-corrected chi connectivity index (χ4v) is 3.06. The molecular formula is C17H21ClN6O4. The van der Waals surface area contributed by atoms with E-state index in [1.165, 1.54) is 0 Å². The van der Waals surface area contributed by atoms with Crippen LogP contribution in [0.1, 0.15) is 5.89 Å². The maximum Gasteiger partial charge on any atom is 0.312 e. The highest BCUT2D eigenvalue weighted by Gasteiger charge is 2.28. The van der Waals surface area contributed by atoms with Crippen LogP contribution in [0.4, 0.5) is 4.79 Å². The van der Waals surface area contributed by atoms with E-state index in [1.54, 1.807) is 17.0 Å². The van der Waals surface area contributed by atoms with Gasteiger partial charge in [0.2, 0.25) is 17.6 Å². The van der Waals surface area contributed by atoms with Gasteiger partial charge in [0.05, 0.1) is 13.2 Å². The first-order chi connectivity index (χ1) is 13.5. The van der Waals surface area contributed by atoms with Crippen molar-refractivity contribution in [1.82, 2.24) is 25.3 Å². The summed E-state index contributed by atoms with van der Waals surface area (Å²) in [6, 6.07) is 5.28. The van der Waals surface area contributed by atoms with Gasteiger partial charge >= 0.3 is 6.03 Å². The number of rotatable bonds is 6. The molecule has 2 aromatic rings. The smallest absolute Gasteiger partial charge is 0.312 e. The second kappa shape index (κ2) is 9.00. The Morgan fingerprint density at radius 2 is 1.93 bits per heavy atom. The van der Waals surface area contributed by atoms with E-state index in [0.29, 0.717) is 49.5 Å². The lowest BCUT2D eigenvalue weighted by atomic mass is 10.2. The lowest BCUT2D eigenvalue weighted by Crippen LogP contribution is -2.56. The van der Waals surface area contributed by atoms with Crippen LogP contribution in [-0.2, 0) is 11.3 Å². The van der Waals surface area contributed by atoms with Crippen LogP contribution in [-0.4, -0.2) is 75.8 Å². The lowest BCUT2D eigenvalue weighted by molar-refractivity contribution is -0.136. The number of primary amides is 1. The minimum atomic E-state index is -1.03. The average Bonchev–Trinajstić information content (AvgIpc) is 3.15. The van der Waals surface area contributed by atoms with Crippen molar-refractivity contribution in [2.75, 3.05) is 32.8 Å². The third kappa shape index (κ3) is 4.97. The van der Waals surface area contributed by atoms with E-state index < -0.39 is 18.7 Å². The molecule has 1 saturated heterocycles. The van der Waals surface area contributed by atoms with Crippen molar-refractivity contribution >= 4 is 23.5 Å². The van der Waals surface area contributed by atoms with Crippen LogP contribution in [0.2, 0.25) is 5.02 Å². The van der Waals surface area contributed by atoms with Gasteiger partial charge < -0.3 is 25.6 Å². The van der Waals surface area contributed by atoms with Gasteiger partial charge in [0.15, 0.2) is 0 Å². The van der Waals surface area contributed by atoms with Crippen molar-refractivity contribution in [3.05, 3.63) is 35.2 Å². The molecule has 0 spiro atoms. The summed E-state index contributed by atoms with van der Waals surface area (Å²) < 4.78 is 5.31. The molecule has 1 aromatic heterocycles. The van der Waals surface area contributed by atoms with Crippen LogP contribution in [0.5, 0.6) is 0 Å². The third-order valence-electron chi connectivity index (χ3n) is 4.41. The quantitative estimate of drug-likeness (QED) is 0.614. The molecule has 1 fully saturated rings. The Morgan fingerprint density at radius 1 is 1.25 bits per heavy atom. The van der Waals surface area contributed by atoms with Crippen LogP contribution < -0.4 is 11.1 Å². The molecule has 1 aromatic carbocycles. The molecule has 0 radical (unpaired) electrons. The predicted octanol–water partition coefficient (Wildman–Crippen LogP) is 0.0634. The molecule has 150 valence electrons. The standard InChI is InChI=1S/C17H21ClN6O4/c18-12-3-1-11(2-4-12)15-21-14(28-22-15)9-23-5-7-24(8-6-23)16(26)13(10-25)20-17(19)27/h1-4,13,25H,5-10H2,(H3,19,20,27)/t13-/m0/s1. The third-order valence-corrected chi connectivity index (χ3v) is 4.66. The molecular weight excluding hydrogens is 388 g/mol. The Kier molecular flexibility index (Phi) is 6.45. The highest BCUT2D eigenvalue weighted by atomic mass is 35.5. The summed E-state index contributed by atoms with van der Waals surface area (Å²) in [4.78, 5) is 31.3. The van der Waals surface area contributed by atoms with E-state index in [0.717, 1.165) is 5.56 Å². The summed E-state index contributed by atoms with van der Waals surface area (Å²) in [6.07, 6.45) is 0. The Bertz CT molecular complexity index is 819. The van der Waals surface area contributed by atoms with E-state index in [1.807, 2.05) is 12.1 Å². The molecule has 1 aliphatic heterocycles. The summed E-state index contributed by atoms with van der Waals surface area (Å²) in [6.45, 7) is 2.06. The van der Waals surface area contributed by atoms with E-state index in [2.05, 4.69) is 20.4 Å². The molecule has 1 atom stereocenters. The fraction of sp³-hybridized carbons (Fsp3) is 0.412. The van der Waals surface area contributed by atoms with Gasteiger partial charge in [0.25, 0.3) is 0 Å². The number of aliphatic hydroxyl groups excluding tert-OH is 1. The van der Waals surface area contributed by atoms with Gasteiger partial charge in [-0.1, -0.05) is 16.8 Å². The fourth-order valence-electron chi connectivity index (χ4n) is 2.93. The van der Waals surface area contributed by atoms with Crippen LogP contribution in [0.3, 0.4) is 0 Å². The number of carbonyl (C=O) groups excluding carboxylic acids is 2. The minimum Gasteiger partial charge on any atom is -0.394 e.